The van der Waals surface area contributed by atoms with Crippen molar-refractivity contribution in [2.45, 2.75) is 18.9 Å². The van der Waals surface area contributed by atoms with Gasteiger partial charge in [-0.25, -0.2) is 0 Å². The third-order valence-electron chi connectivity index (χ3n) is 2.65. The molecule has 0 amide bonds. The summed E-state index contributed by atoms with van der Waals surface area (Å²) in [6.07, 6.45) is 3.93. The van der Waals surface area contributed by atoms with Gasteiger partial charge in [-0.3, -0.25) is 9.78 Å². The van der Waals surface area contributed by atoms with Gasteiger partial charge in [-0.15, -0.1) is 0 Å². The highest BCUT2D eigenvalue weighted by Gasteiger charge is 2.15. The van der Waals surface area contributed by atoms with Gasteiger partial charge in [0, 0.05) is 12.7 Å². The Bertz CT molecular complexity index is 334. The summed E-state index contributed by atoms with van der Waals surface area (Å²) in [5.74, 6) is -0.0498. The summed E-state index contributed by atoms with van der Waals surface area (Å²) in [6.45, 7) is 2.02. The Kier molecular flexibility index (Phi) is 4.02. The second kappa shape index (κ2) is 5.72. The highest BCUT2D eigenvalue weighted by atomic mass is 16.5. The Morgan fingerprint density at radius 1 is 1.56 bits per heavy atom. The topological polar surface area (TPSA) is 51.2 Å². The van der Waals surface area contributed by atoms with Crippen LogP contribution in [0.3, 0.4) is 0 Å². The molecule has 4 heteroatoms. The van der Waals surface area contributed by atoms with Gasteiger partial charge in [-0.05, 0) is 31.5 Å². The fourth-order valence-electron chi connectivity index (χ4n) is 1.76. The number of nitrogens with zero attached hydrogens (tertiary/aromatic N) is 1. The number of rotatable bonds is 4. The van der Waals surface area contributed by atoms with E-state index in [0.29, 0.717) is 5.69 Å². The Labute approximate surface area is 95.0 Å². The van der Waals surface area contributed by atoms with Gasteiger partial charge in [0.25, 0.3) is 0 Å². The highest BCUT2D eigenvalue weighted by molar-refractivity contribution is 5.95. The van der Waals surface area contributed by atoms with Crippen molar-refractivity contribution in [2.24, 2.45) is 0 Å². The lowest BCUT2D eigenvalue weighted by molar-refractivity contribution is 0.0344. The van der Waals surface area contributed by atoms with E-state index in [2.05, 4.69) is 10.3 Å². The fraction of sp³-hybridized carbons (Fsp3) is 0.500. The largest absolute Gasteiger partial charge is 0.369 e. The zero-order valence-corrected chi connectivity index (χ0v) is 9.19. The van der Waals surface area contributed by atoms with Crippen molar-refractivity contribution in [2.75, 3.05) is 19.7 Å². The van der Waals surface area contributed by atoms with E-state index in [0.717, 1.165) is 25.9 Å². The average molecular weight is 220 g/mol. The van der Waals surface area contributed by atoms with Crippen LogP contribution in [0.15, 0.2) is 24.4 Å². The van der Waals surface area contributed by atoms with Crippen LogP contribution in [-0.2, 0) is 4.74 Å². The molecule has 1 aliphatic heterocycles. The minimum atomic E-state index is -0.0498. The molecule has 0 aromatic carbocycles. The maximum absolute atomic E-state index is 11.7. The molecule has 2 heterocycles. The smallest absolute Gasteiger partial charge is 0.206 e. The summed E-state index contributed by atoms with van der Waals surface area (Å²) >= 11 is 0. The predicted octanol–water partition coefficient (Wildman–Crippen LogP) is 1.03. The van der Waals surface area contributed by atoms with E-state index >= 15 is 0 Å². The van der Waals surface area contributed by atoms with Gasteiger partial charge >= 0.3 is 0 Å². The number of ketones is 1. The summed E-state index contributed by atoms with van der Waals surface area (Å²) in [5.41, 5.74) is 0.478. The molecule has 4 nitrogen and oxygen atoms in total. The van der Waals surface area contributed by atoms with Crippen LogP contribution < -0.4 is 5.32 Å². The molecule has 1 saturated heterocycles. The van der Waals surface area contributed by atoms with E-state index in [9.17, 15) is 4.79 Å². The van der Waals surface area contributed by atoms with Crippen LogP contribution in [0.2, 0.25) is 0 Å². The Morgan fingerprint density at radius 3 is 3.19 bits per heavy atom. The van der Waals surface area contributed by atoms with Crippen LogP contribution in [0.1, 0.15) is 23.3 Å². The van der Waals surface area contributed by atoms with Gasteiger partial charge < -0.3 is 10.1 Å². The summed E-state index contributed by atoms with van der Waals surface area (Å²) in [6, 6.07) is 5.32. The minimum absolute atomic E-state index is 0.0498. The molecule has 0 spiro atoms. The number of hydrogen-bond donors (Lipinski definition) is 1. The molecule has 0 bridgehead atoms. The van der Waals surface area contributed by atoms with E-state index < -0.39 is 0 Å². The van der Waals surface area contributed by atoms with Crippen molar-refractivity contribution < 1.29 is 9.53 Å². The molecule has 1 unspecified atom stereocenters. The van der Waals surface area contributed by atoms with Crippen molar-refractivity contribution in [1.82, 2.24) is 10.3 Å². The van der Waals surface area contributed by atoms with E-state index in [1.54, 1.807) is 18.3 Å². The van der Waals surface area contributed by atoms with Gasteiger partial charge in [0.15, 0.2) is 0 Å². The fourth-order valence-corrected chi connectivity index (χ4v) is 1.76. The zero-order valence-electron chi connectivity index (χ0n) is 9.19. The maximum Gasteiger partial charge on any atom is 0.206 e. The molecule has 16 heavy (non-hydrogen) atoms. The summed E-state index contributed by atoms with van der Waals surface area (Å²) in [7, 11) is 0. The lowest BCUT2D eigenvalue weighted by Crippen LogP contribution is -2.36. The summed E-state index contributed by atoms with van der Waals surface area (Å²) in [5, 5.41) is 3.25. The third-order valence-corrected chi connectivity index (χ3v) is 2.65. The first-order valence-electron chi connectivity index (χ1n) is 5.63. The molecule has 1 atom stereocenters. The number of pyridine rings is 1. The van der Waals surface area contributed by atoms with Gasteiger partial charge in [0.2, 0.25) is 5.78 Å². The molecule has 0 saturated carbocycles. The van der Waals surface area contributed by atoms with Crippen molar-refractivity contribution in [1.29, 1.82) is 0 Å². The number of carbonyl (C=O) groups is 1. The average Bonchev–Trinajstić information content (AvgIpc) is 2.38. The third kappa shape index (κ3) is 3.12. The van der Waals surface area contributed by atoms with Crippen molar-refractivity contribution in [3.05, 3.63) is 30.1 Å². The molecule has 1 aromatic rings. The predicted molar refractivity (Wildman–Crippen MR) is 60.4 cm³/mol. The second-order valence-electron chi connectivity index (χ2n) is 3.92. The molecular formula is C12H16N2O2. The summed E-state index contributed by atoms with van der Waals surface area (Å²) in [4.78, 5) is 15.7. The molecule has 1 aromatic heterocycles. The molecule has 1 aliphatic rings. The van der Waals surface area contributed by atoms with Crippen LogP contribution in [-0.4, -0.2) is 36.6 Å². The Hall–Kier alpha value is -1.26. The first-order valence-corrected chi connectivity index (χ1v) is 5.63. The van der Waals surface area contributed by atoms with E-state index in [-0.39, 0.29) is 18.5 Å². The second-order valence-corrected chi connectivity index (χ2v) is 3.92. The van der Waals surface area contributed by atoms with E-state index in [1.165, 1.54) is 0 Å². The molecule has 1 N–H and O–H groups in total. The van der Waals surface area contributed by atoms with Gasteiger partial charge in [-0.2, -0.15) is 0 Å². The monoisotopic (exact) mass is 220 g/mol. The number of carbonyl (C=O) groups excluding carboxylic acids is 1. The highest BCUT2D eigenvalue weighted by Crippen LogP contribution is 2.06. The number of aromatic nitrogens is 1. The lowest BCUT2D eigenvalue weighted by atomic mass is 10.1. The van der Waals surface area contributed by atoms with Gasteiger partial charge in [0.05, 0.1) is 6.10 Å². The normalized spacial score (nSPS) is 20.6. The maximum atomic E-state index is 11.7. The first-order chi connectivity index (χ1) is 7.86. The number of nitrogens with one attached hydrogen (secondary N) is 1. The number of hydrogen-bond acceptors (Lipinski definition) is 4. The zero-order chi connectivity index (χ0) is 11.2. The van der Waals surface area contributed by atoms with Crippen LogP contribution in [0, 0.1) is 0 Å². The van der Waals surface area contributed by atoms with Crippen LogP contribution >= 0.6 is 0 Å². The summed E-state index contributed by atoms with van der Waals surface area (Å²) < 4.78 is 5.55. The SMILES string of the molecule is O=C(COC1CCCNC1)c1ccccn1. The van der Waals surface area contributed by atoms with Crippen LogP contribution in [0.4, 0.5) is 0 Å². The van der Waals surface area contributed by atoms with Gasteiger partial charge in [0.1, 0.15) is 12.3 Å². The Balaban J connectivity index is 1.79. The number of piperidine rings is 1. The molecule has 2 rings (SSSR count). The van der Waals surface area contributed by atoms with E-state index in [1.807, 2.05) is 6.07 Å². The standard InChI is InChI=1S/C12H16N2O2/c15-12(11-5-1-2-7-14-11)9-16-10-4-3-6-13-8-10/h1-2,5,7,10,13H,3-4,6,8-9H2. The van der Waals surface area contributed by atoms with Crippen molar-refractivity contribution in [3.8, 4) is 0 Å². The molecule has 0 aliphatic carbocycles. The van der Waals surface area contributed by atoms with Crippen LogP contribution in [0.5, 0.6) is 0 Å². The van der Waals surface area contributed by atoms with Crippen molar-refractivity contribution in [3.63, 3.8) is 0 Å². The van der Waals surface area contributed by atoms with Gasteiger partial charge in [-0.1, -0.05) is 6.07 Å². The molecule has 86 valence electrons. The Morgan fingerprint density at radius 2 is 2.50 bits per heavy atom. The lowest BCUT2D eigenvalue weighted by Gasteiger charge is -2.22. The van der Waals surface area contributed by atoms with Crippen LogP contribution in [0.25, 0.3) is 0 Å². The minimum Gasteiger partial charge on any atom is -0.369 e. The van der Waals surface area contributed by atoms with Crippen molar-refractivity contribution >= 4 is 5.78 Å². The van der Waals surface area contributed by atoms with E-state index in [4.69, 9.17) is 4.74 Å². The molecule has 1 fully saturated rings. The number of Topliss-reactive ketones (excluding diaryl/α,β-unsaturated/α-hetero) is 1. The first kappa shape index (κ1) is 11.2. The molecular weight excluding hydrogens is 204 g/mol. The quantitative estimate of drug-likeness (QED) is 0.770. The number of ether oxygens (including phenoxy) is 1. The molecule has 0 radical (unpaired) electrons.